The molecule has 0 heterocycles. The molecule has 0 aromatic heterocycles. The lowest BCUT2D eigenvalue weighted by Crippen LogP contribution is -2.13. The van der Waals surface area contributed by atoms with Gasteiger partial charge >= 0.3 is 0 Å². The molecule has 0 bridgehead atoms. The summed E-state index contributed by atoms with van der Waals surface area (Å²) < 4.78 is 5.94. The Bertz CT molecular complexity index is 583. The van der Waals surface area contributed by atoms with Gasteiger partial charge in [0.2, 0.25) is 0 Å². The van der Waals surface area contributed by atoms with E-state index in [2.05, 4.69) is 18.3 Å². The van der Waals surface area contributed by atoms with E-state index in [4.69, 9.17) is 16.3 Å². The molecule has 0 aliphatic carbocycles. The third-order valence-corrected chi connectivity index (χ3v) is 3.76. The fraction of sp³-hybridized carbons (Fsp3) is 0.294. The molecule has 0 saturated carbocycles. The number of benzene rings is 2. The highest BCUT2D eigenvalue weighted by Gasteiger charge is 2.10. The van der Waals surface area contributed by atoms with Crippen LogP contribution in [-0.2, 0) is 6.61 Å². The van der Waals surface area contributed by atoms with E-state index in [1.165, 1.54) is 0 Å². The van der Waals surface area contributed by atoms with E-state index in [0.29, 0.717) is 6.61 Å². The SMILES string of the molecule is CNC(C)c1ccccc1OCc1ccc(C)cc1Cl. The Hall–Kier alpha value is -1.51. The normalized spacial score (nSPS) is 12.2. The zero-order valence-corrected chi connectivity index (χ0v) is 12.9. The van der Waals surface area contributed by atoms with Gasteiger partial charge in [0.05, 0.1) is 0 Å². The smallest absolute Gasteiger partial charge is 0.124 e. The highest BCUT2D eigenvalue weighted by atomic mass is 35.5. The summed E-state index contributed by atoms with van der Waals surface area (Å²) in [4.78, 5) is 0. The van der Waals surface area contributed by atoms with Crippen LogP contribution in [0.2, 0.25) is 5.02 Å². The summed E-state index contributed by atoms with van der Waals surface area (Å²) in [5, 5.41) is 3.99. The number of para-hydroxylation sites is 1. The van der Waals surface area contributed by atoms with Gasteiger partial charge in [-0.15, -0.1) is 0 Å². The molecule has 1 unspecified atom stereocenters. The monoisotopic (exact) mass is 289 g/mol. The fourth-order valence-corrected chi connectivity index (χ4v) is 2.34. The van der Waals surface area contributed by atoms with Gasteiger partial charge in [-0.3, -0.25) is 0 Å². The van der Waals surface area contributed by atoms with Crippen molar-refractivity contribution in [1.82, 2.24) is 5.32 Å². The second kappa shape index (κ2) is 6.78. The minimum atomic E-state index is 0.250. The van der Waals surface area contributed by atoms with E-state index in [-0.39, 0.29) is 6.04 Å². The third-order valence-electron chi connectivity index (χ3n) is 3.41. The molecule has 2 aromatic carbocycles. The molecule has 0 amide bonds. The van der Waals surface area contributed by atoms with Gasteiger partial charge in [-0.1, -0.05) is 41.9 Å². The molecule has 2 nitrogen and oxygen atoms in total. The van der Waals surface area contributed by atoms with Crippen molar-refractivity contribution in [2.24, 2.45) is 0 Å². The van der Waals surface area contributed by atoms with Crippen molar-refractivity contribution in [3.05, 3.63) is 64.2 Å². The highest BCUT2D eigenvalue weighted by Crippen LogP contribution is 2.26. The molecular weight excluding hydrogens is 270 g/mol. The molecule has 3 heteroatoms. The fourth-order valence-electron chi connectivity index (χ4n) is 2.05. The van der Waals surface area contributed by atoms with E-state index < -0.39 is 0 Å². The minimum absolute atomic E-state index is 0.250. The van der Waals surface area contributed by atoms with Crippen molar-refractivity contribution in [2.45, 2.75) is 26.5 Å². The summed E-state index contributed by atoms with van der Waals surface area (Å²) in [6.45, 7) is 4.62. The van der Waals surface area contributed by atoms with Crippen LogP contribution in [0.4, 0.5) is 0 Å². The molecule has 0 radical (unpaired) electrons. The molecule has 0 saturated heterocycles. The van der Waals surface area contributed by atoms with Crippen molar-refractivity contribution in [3.8, 4) is 5.75 Å². The molecule has 2 aromatic rings. The number of nitrogens with one attached hydrogen (secondary N) is 1. The van der Waals surface area contributed by atoms with Gasteiger partial charge in [0.15, 0.2) is 0 Å². The first-order chi connectivity index (χ1) is 9.61. The first kappa shape index (κ1) is 14.9. The number of ether oxygens (including phenoxy) is 1. The largest absolute Gasteiger partial charge is 0.489 e. The molecule has 0 spiro atoms. The van der Waals surface area contributed by atoms with Crippen LogP contribution in [0.1, 0.15) is 29.7 Å². The molecule has 106 valence electrons. The maximum atomic E-state index is 6.23. The molecular formula is C17H20ClNO. The number of halogens is 1. The minimum Gasteiger partial charge on any atom is -0.489 e. The summed E-state index contributed by atoms with van der Waals surface area (Å²) in [5.74, 6) is 0.894. The molecule has 0 aliphatic heterocycles. The lowest BCUT2D eigenvalue weighted by molar-refractivity contribution is 0.300. The van der Waals surface area contributed by atoms with E-state index >= 15 is 0 Å². The Labute approximate surface area is 125 Å². The standard InChI is InChI=1S/C17H20ClNO/c1-12-8-9-14(16(18)10-12)11-20-17-7-5-4-6-15(17)13(2)19-3/h4-10,13,19H,11H2,1-3H3. The molecule has 0 aliphatic rings. The number of aryl methyl sites for hydroxylation is 1. The molecule has 0 fully saturated rings. The molecule has 20 heavy (non-hydrogen) atoms. The van der Waals surface area contributed by atoms with Crippen LogP contribution >= 0.6 is 11.6 Å². The van der Waals surface area contributed by atoms with Gasteiger partial charge in [-0.25, -0.2) is 0 Å². The summed E-state index contributed by atoms with van der Waals surface area (Å²) in [5.41, 5.74) is 3.31. The summed E-state index contributed by atoms with van der Waals surface area (Å²) in [7, 11) is 1.94. The Kier molecular flexibility index (Phi) is 5.05. The molecule has 2 rings (SSSR count). The molecule has 1 atom stereocenters. The number of hydrogen-bond donors (Lipinski definition) is 1. The van der Waals surface area contributed by atoms with E-state index in [9.17, 15) is 0 Å². The van der Waals surface area contributed by atoms with Gasteiger partial charge in [0.25, 0.3) is 0 Å². The Morgan fingerprint density at radius 1 is 1.20 bits per heavy atom. The van der Waals surface area contributed by atoms with Gasteiger partial charge in [0, 0.05) is 22.2 Å². The second-order valence-electron chi connectivity index (χ2n) is 4.93. The van der Waals surface area contributed by atoms with Crippen molar-refractivity contribution in [3.63, 3.8) is 0 Å². The van der Waals surface area contributed by atoms with Gasteiger partial charge < -0.3 is 10.1 Å². The van der Waals surface area contributed by atoms with Crippen LogP contribution in [0.3, 0.4) is 0 Å². The zero-order chi connectivity index (χ0) is 14.5. The maximum Gasteiger partial charge on any atom is 0.124 e. The first-order valence-corrected chi connectivity index (χ1v) is 7.13. The van der Waals surface area contributed by atoms with E-state index in [1.54, 1.807) is 0 Å². The quantitative estimate of drug-likeness (QED) is 0.874. The van der Waals surface area contributed by atoms with Gasteiger partial charge in [0.1, 0.15) is 12.4 Å². The maximum absolute atomic E-state index is 6.23. The number of hydrogen-bond acceptors (Lipinski definition) is 2. The van der Waals surface area contributed by atoms with Crippen LogP contribution in [-0.4, -0.2) is 7.05 Å². The average Bonchev–Trinajstić information content (AvgIpc) is 2.46. The van der Waals surface area contributed by atoms with Gasteiger partial charge in [-0.2, -0.15) is 0 Å². The predicted molar refractivity (Wildman–Crippen MR) is 84.4 cm³/mol. The van der Waals surface area contributed by atoms with Crippen LogP contribution < -0.4 is 10.1 Å². The Morgan fingerprint density at radius 2 is 1.95 bits per heavy atom. The van der Waals surface area contributed by atoms with Crippen LogP contribution in [0.25, 0.3) is 0 Å². The van der Waals surface area contributed by atoms with Crippen molar-refractivity contribution < 1.29 is 4.74 Å². The topological polar surface area (TPSA) is 21.3 Å². The summed E-state index contributed by atoms with van der Waals surface area (Å²) in [6, 6.07) is 14.3. The third kappa shape index (κ3) is 3.53. The van der Waals surface area contributed by atoms with Gasteiger partial charge in [-0.05, 0) is 38.6 Å². The number of rotatable bonds is 5. The lowest BCUT2D eigenvalue weighted by atomic mass is 10.1. The summed E-state index contributed by atoms with van der Waals surface area (Å²) >= 11 is 6.23. The predicted octanol–water partition coefficient (Wildman–Crippen LogP) is 4.51. The van der Waals surface area contributed by atoms with Crippen LogP contribution in [0.5, 0.6) is 5.75 Å². The van der Waals surface area contributed by atoms with E-state index in [0.717, 1.165) is 27.5 Å². The average molecular weight is 290 g/mol. The van der Waals surface area contributed by atoms with Crippen molar-refractivity contribution in [2.75, 3.05) is 7.05 Å². The zero-order valence-electron chi connectivity index (χ0n) is 12.1. The highest BCUT2D eigenvalue weighted by molar-refractivity contribution is 6.31. The van der Waals surface area contributed by atoms with Crippen molar-refractivity contribution >= 4 is 11.6 Å². The first-order valence-electron chi connectivity index (χ1n) is 6.76. The van der Waals surface area contributed by atoms with Crippen molar-refractivity contribution in [1.29, 1.82) is 0 Å². The lowest BCUT2D eigenvalue weighted by Gasteiger charge is -2.16. The van der Waals surface area contributed by atoms with Crippen LogP contribution in [0.15, 0.2) is 42.5 Å². The molecule has 1 N–H and O–H groups in total. The second-order valence-corrected chi connectivity index (χ2v) is 5.34. The Morgan fingerprint density at radius 3 is 2.65 bits per heavy atom. The van der Waals surface area contributed by atoms with E-state index in [1.807, 2.05) is 50.4 Å². The van der Waals surface area contributed by atoms with Crippen LogP contribution in [0, 0.1) is 6.92 Å². The summed E-state index contributed by atoms with van der Waals surface area (Å²) in [6.07, 6.45) is 0. The Balaban J connectivity index is 2.15.